The molecule has 2 nitrogen and oxygen atoms in total. The van der Waals surface area contributed by atoms with E-state index >= 15 is 0 Å². The number of para-hydroxylation sites is 1. The Morgan fingerprint density at radius 2 is 1.85 bits per heavy atom. The molecule has 0 spiro atoms. The molecule has 2 atom stereocenters. The molecule has 0 fully saturated rings. The third-order valence-electron chi connectivity index (χ3n) is 3.65. The van der Waals surface area contributed by atoms with E-state index in [1.807, 2.05) is 30.9 Å². The van der Waals surface area contributed by atoms with Crippen LogP contribution in [0.25, 0.3) is 0 Å². The van der Waals surface area contributed by atoms with Crippen LogP contribution in [0.5, 0.6) is 5.75 Å². The van der Waals surface area contributed by atoms with E-state index in [2.05, 4.69) is 48.6 Å². The molecule has 104 valence electrons. The molecular formula is C17H19NOS. The molecule has 2 unspecified atom stereocenters. The summed E-state index contributed by atoms with van der Waals surface area (Å²) in [7, 11) is 2.02. The van der Waals surface area contributed by atoms with Crippen LogP contribution >= 0.6 is 11.8 Å². The summed E-state index contributed by atoms with van der Waals surface area (Å²) in [6.45, 7) is 2.85. The molecular weight excluding hydrogens is 266 g/mol. The Balaban J connectivity index is 1.82. The highest BCUT2D eigenvalue weighted by atomic mass is 32.2. The van der Waals surface area contributed by atoms with Crippen molar-refractivity contribution in [2.45, 2.75) is 23.1 Å². The summed E-state index contributed by atoms with van der Waals surface area (Å²) >= 11 is 1.88. The Morgan fingerprint density at radius 1 is 1.10 bits per heavy atom. The number of hydrogen-bond donors (Lipinski definition) is 1. The molecule has 1 aliphatic heterocycles. The van der Waals surface area contributed by atoms with E-state index in [4.69, 9.17) is 4.74 Å². The number of aryl methyl sites for hydroxylation is 1. The van der Waals surface area contributed by atoms with Crippen molar-refractivity contribution in [3.63, 3.8) is 0 Å². The van der Waals surface area contributed by atoms with Crippen LogP contribution in [0.2, 0.25) is 0 Å². The predicted octanol–water partition coefficient (Wildman–Crippen LogP) is 3.81. The van der Waals surface area contributed by atoms with E-state index in [0.29, 0.717) is 11.3 Å². The van der Waals surface area contributed by atoms with Gasteiger partial charge in [0.05, 0.1) is 11.3 Å². The SMILES string of the molecule is CNC1c2ccccc2OCC1Sc1ccc(C)cc1. The summed E-state index contributed by atoms with van der Waals surface area (Å²) < 4.78 is 5.90. The number of thioether (sulfide) groups is 1. The van der Waals surface area contributed by atoms with E-state index in [1.165, 1.54) is 16.0 Å². The maximum absolute atomic E-state index is 5.90. The van der Waals surface area contributed by atoms with Gasteiger partial charge >= 0.3 is 0 Å². The molecule has 3 heteroatoms. The van der Waals surface area contributed by atoms with Crippen molar-refractivity contribution in [1.29, 1.82) is 0 Å². The van der Waals surface area contributed by atoms with Crippen LogP contribution in [-0.4, -0.2) is 18.9 Å². The van der Waals surface area contributed by atoms with Crippen LogP contribution in [0.3, 0.4) is 0 Å². The largest absolute Gasteiger partial charge is 0.492 e. The monoisotopic (exact) mass is 285 g/mol. The quantitative estimate of drug-likeness (QED) is 0.926. The normalized spacial score (nSPS) is 21.1. The second kappa shape index (κ2) is 5.90. The van der Waals surface area contributed by atoms with Crippen LogP contribution in [0.1, 0.15) is 17.2 Å². The molecule has 0 aliphatic carbocycles. The minimum Gasteiger partial charge on any atom is -0.492 e. The summed E-state index contributed by atoms with van der Waals surface area (Å²) in [5.41, 5.74) is 2.55. The van der Waals surface area contributed by atoms with Gasteiger partial charge in [-0.1, -0.05) is 35.9 Å². The van der Waals surface area contributed by atoms with Crippen molar-refractivity contribution in [3.8, 4) is 5.75 Å². The number of rotatable bonds is 3. The zero-order valence-electron chi connectivity index (χ0n) is 11.8. The molecule has 3 rings (SSSR count). The summed E-state index contributed by atoms with van der Waals surface area (Å²) in [4.78, 5) is 1.30. The molecule has 20 heavy (non-hydrogen) atoms. The molecule has 1 aliphatic rings. The van der Waals surface area contributed by atoms with Gasteiger partial charge in [-0.3, -0.25) is 0 Å². The van der Waals surface area contributed by atoms with Crippen LogP contribution in [0.4, 0.5) is 0 Å². The van der Waals surface area contributed by atoms with Gasteiger partial charge in [-0.2, -0.15) is 0 Å². The van der Waals surface area contributed by atoms with Crippen molar-refractivity contribution >= 4 is 11.8 Å². The fourth-order valence-electron chi connectivity index (χ4n) is 2.57. The molecule has 1 heterocycles. The Labute approximate surface area is 124 Å². The predicted molar refractivity (Wildman–Crippen MR) is 84.6 cm³/mol. The van der Waals surface area contributed by atoms with Gasteiger partial charge in [0.25, 0.3) is 0 Å². The first-order valence-electron chi connectivity index (χ1n) is 6.90. The number of benzene rings is 2. The van der Waals surface area contributed by atoms with Gasteiger partial charge in [-0.05, 0) is 32.2 Å². The molecule has 2 aromatic carbocycles. The lowest BCUT2D eigenvalue weighted by Gasteiger charge is -2.33. The standard InChI is InChI=1S/C17H19NOS/c1-12-7-9-13(10-8-12)20-16-11-19-15-6-4-3-5-14(15)17(16)18-2/h3-10,16-18H,11H2,1-2H3. The zero-order chi connectivity index (χ0) is 13.9. The molecule has 2 aromatic rings. The van der Waals surface area contributed by atoms with Gasteiger partial charge < -0.3 is 10.1 Å². The molecule has 0 radical (unpaired) electrons. The van der Waals surface area contributed by atoms with Gasteiger partial charge in [0.2, 0.25) is 0 Å². The average Bonchev–Trinajstić information content (AvgIpc) is 2.49. The highest BCUT2D eigenvalue weighted by Crippen LogP contribution is 2.39. The smallest absolute Gasteiger partial charge is 0.124 e. The van der Waals surface area contributed by atoms with Crippen molar-refractivity contribution < 1.29 is 4.74 Å². The van der Waals surface area contributed by atoms with Crippen LogP contribution in [-0.2, 0) is 0 Å². The van der Waals surface area contributed by atoms with Crippen molar-refractivity contribution in [2.24, 2.45) is 0 Å². The van der Waals surface area contributed by atoms with E-state index in [0.717, 1.165) is 12.4 Å². The minimum atomic E-state index is 0.325. The second-order valence-electron chi connectivity index (χ2n) is 5.08. The lowest BCUT2D eigenvalue weighted by atomic mass is 10.0. The summed E-state index contributed by atoms with van der Waals surface area (Å²) in [6.07, 6.45) is 0. The number of nitrogens with one attached hydrogen (secondary N) is 1. The molecule has 0 amide bonds. The first-order valence-corrected chi connectivity index (χ1v) is 7.78. The Kier molecular flexibility index (Phi) is 3.99. The van der Waals surface area contributed by atoms with E-state index in [9.17, 15) is 0 Å². The Hall–Kier alpha value is -1.45. The third kappa shape index (κ3) is 2.69. The molecule has 0 saturated heterocycles. The van der Waals surface area contributed by atoms with E-state index in [1.54, 1.807) is 0 Å². The van der Waals surface area contributed by atoms with E-state index < -0.39 is 0 Å². The zero-order valence-corrected chi connectivity index (χ0v) is 12.6. The lowest BCUT2D eigenvalue weighted by Crippen LogP contribution is -2.35. The van der Waals surface area contributed by atoms with Gasteiger partial charge in [0, 0.05) is 10.5 Å². The van der Waals surface area contributed by atoms with Gasteiger partial charge in [0.15, 0.2) is 0 Å². The van der Waals surface area contributed by atoms with Gasteiger partial charge in [0.1, 0.15) is 12.4 Å². The average molecular weight is 285 g/mol. The van der Waals surface area contributed by atoms with Crippen LogP contribution < -0.4 is 10.1 Å². The van der Waals surface area contributed by atoms with Crippen molar-refractivity contribution in [1.82, 2.24) is 5.32 Å². The molecule has 0 bridgehead atoms. The Bertz CT molecular complexity index is 582. The van der Waals surface area contributed by atoms with Crippen molar-refractivity contribution in [2.75, 3.05) is 13.7 Å². The minimum absolute atomic E-state index is 0.325. The fraction of sp³-hybridized carbons (Fsp3) is 0.294. The highest BCUT2D eigenvalue weighted by molar-refractivity contribution is 8.00. The first-order chi connectivity index (χ1) is 9.78. The first kappa shape index (κ1) is 13.5. The lowest BCUT2D eigenvalue weighted by molar-refractivity contribution is 0.265. The third-order valence-corrected chi connectivity index (χ3v) is 4.90. The number of hydrogen-bond acceptors (Lipinski definition) is 3. The number of ether oxygens (including phenoxy) is 1. The maximum Gasteiger partial charge on any atom is 0.124 e. The maximum atomic E-state index is 5.90. The van der Waals surface area contributed by atoms with Crippen molar-refractivity contribution in [3.05, 3.63) is 59.7 Å². The van der Waals surface area contributed by atoms with Gasteiger partial charge in [-0.15, -0.1) is 11.8 Å². The fourth-order valence-corrected chi connectivity index (χ4v) is 3.77. The molecule has 1 N–H and O–H groups in total. The second-order valence-corrected chi connectivity index (χ2v) is 6.40. The van der Waals surface area contributed by atoms with Crippen LogP contribution in [0.15, 0.2) is 53.4 Å². The summed E-state index contributed by atoms with van der Waals surface area (Å²) in [6, 6.07) is 17.3. The summed E-state index contributed by atoms with van der Waals surface area (Å²) in [5.74, 6) is 1.01. The molecule has 0 aromatic heterocycles. The highest BCUT2D eigenvalue weighted by Gasteiger charge is 2.30. The molecule has 0 saturated carbocycles. The van der Waals surface area contributed by atoms with Crippen LogP contribution in [0, 0.1) is 6.92 Å². The Morgan fingerprint density at radius 3 is 2.60 bits per heavy atom. The van der Waals surface area contributed by atoms with E-state index in [-0.39, 0.29) is 0 Å². The number of fused-ring (bicyclic) bond motifs is 1. The summed E-state index contributed by atoms with van der Waals surface area (Å²) in [5, 5.41) is 3.83. The van der Waals surface area contributed by atoms with Gasteiger partial charge in [-0.25, -0.2) is 0 Å². The topological polar surface area (TPSA) is 21.3 Å².